The van der Waals surface area contributed by atoms with E-state index in [4.69, 9.17) is 5.84 Å². The van der Waals surface area contributed by atoms with Crippen molar-refractivity contribution in [1.82, 2.24) is 9.97 Å². The van der Waals surface area contributed by atoms with Crippen LogP contribution < -0.4 is 16.6 Å². The molecule has 0 aliphatic heterocycles. The molecule has 2 rings (SSSR count). The van der Waals surface area contributed by atoms with E-state index in [9.17, 15) is 0 Å². The first kappa shape index (κ1) is 13.1. The Labute approximate surface area is 109 Å². The first-order valence-electron chi connectivity index (χ1n) is 6.58. The maximum atomic E-state index is 5.52. The lowest BCUT2D eigenvalue weighted by atomic mass is 10.2. The minimum Gasteiger partial charge on any atom is -0.366 e. The molecule has 1 unspecified atom stereocenters. The number of nitrogens with two attached hydrogens (primary N) is 1. The summed E-state index contributed by atoms with van der Waals surface area (Å²) in [6.07, 6.45) is 3.09. The molecule has 18 heavy (non-hydrogen) atoms. The normalized spacial score (nSPS) is 20.6. The second-order valence-electron chi connectivity index (χ2n) is 5.75. The Balaban J connectivity index is 2.24. The highest BCUT2D eigenvalue weighted by atomic mass is 15.3. The largest absolute Gasteiger partial charge is 0.366 e. The number of hydrazine groups is 1. The van der Waals surface area contributed by atoms with E-state index in [1.807, 2.05) is 6.92 Å². The Hall–Kier alpha value is -1.36. The lowest BCUT2D eigenvalue weighted by Gasteiger charge is -2.14. The van der Waals surface area contributed by atoms with Crippen molar-refractivity contribution >= 4 is 11.6 Å². The first-order valence-corrected chi connectivity index (χ1v) is 6.58. The molecule has 0 amide bonds. The first-order chi connectivity index (χ1) is 8.47. The van der Waals surface area contributed by atoms with Crippen LogP contribution in [0.4, 0.5) is 11.6 Å². The molecule has 100 valence electrons. The number of hydrogen-bond donors (Lipinski definition) is 3. The van der Waals surface area contributed by atoms with Crippen LogP contribution >= 0.6 is 0 Å². The lowest BCUT2D eigenvalue weighted by molar-refractivity contribution is 0.629. The van der Waals surface area contributed by atoms with Crippen LogP contribution in [0.25, 0.3) is 0 Å². The van der Waals surface area contributed by atoms with Crippen molar-refractivity contribution in [3.8, 4) is 0 Å². The van der Waals surface area contributed by atoms with E-state index in [1.54, 1.807) is 0 Å². The molecular formula is C13H23N5. The predicted molar refractivity (Wildman–Crippen MR) is 74.4 cm³/mol. The van der Waals surface area contributed by atoms with Gasteiger partial charge in [0.25, 0.3) is 0 Å². The molecule has 4 N–H and O–H groups in total. The van der Waals surface area contributed by atoms with E-state index < -0.39 is 0 Å². The van der Waals surface area contributed by atoms with Gasteiger partial charge in [-0.1, -0.05) is 20.8 Å². The average Bonchev–Trinajstić information content (AvgIpc) is 2.90. The third-order valence-corrected chi connectivity index (χ3v) is 3.63. The molecule has 1 saturated carbocycles. The number of nitrogen functional groups attached to an aromatic ring is 1. The summed E-state index contributed by atoms with van der Waals surface area (Å²) >= 11 is 0. The number of aromatic nitrogens is 2. The summed E-state index contributed by atoms with van der Waals surface area (Å²) in [5.41, 5.74) is 4.02. The van der Waals surface area contributed by atoms with Crippen molar-refractivity contribution < 1.29 is 0 Å². The highest BCUT2D eigenvalue weighted by molar-refractivity contribution is 5.57. The van der Waals surface area contributed by atoms with E-state index in [2.05, 4.69) is 41.5 Å². The third kappa shape index (κ3) is 2.56. The quantitative estimate of drug-likeness (QED) is 0.551. The van der Waals surface area contributed by atoms with Crippen LogP contribution in [0.1, 0.15) is 45.0 Å². The van der Waals surface area contributed by atoms with Crippen LogP contribution in [0.5, 0.6) is 0 Å². The second kappa shape index (κ2) is 4.72. The zero-order valence-corrected chi connectivity index (χ0v) is 11.7. The molecule has 0 saturated heterocycles. The van der Waals surface area contributed by atoms with E-state index in [0.29, 0.717) is 11.5 Å². The van der Waals surface area contributed by atoms with Crippen LogP contribution in [-0.2, 0) is 6.42 Å². The topological polar surface area (TPSA) is 75.9 Å². The summed E-state index contributed by atoms with van der Waals surface area (Å²) in [7, 11) is 0. The van der Waals surface area contributed by atoms with Gasteiger partial charge in [0.2, 0.25) is 0 Å². The molecule has 5 nitrogen and oxygen atoms in total. The second-order valence-corrected chi connectivity index (χ2v) is 5.75. The number of nitrogens with one attached hydrogen (secondary N) is 2. The SMILES string of the molecule is CCCc1nc(NN)c(C)c(NC2CC2(C)C)n1. The Morgan fingerprint density at radius 2 is 1.94 bits per heavy atom. The van der Waals surface area contributed by atoms with Crippen molar-refractivity contribution in [2.75, 3.05) is 10.7 Å². The number of nitrogens with zero attached hydrogens (tertiary/aromatic N) is 2. The number of hydrogen-bond acceptors (Lipinski definition) is 5. The molecule has 0 bridgehead atoms. The molecule has 1 aromatic heterocycles. The van der Waals surface area contributed by atoms with Crippen molar-refractivity contribution in [2.24, 2.45) is 11.3 Å². The Kier molecular flexibility index (Phi) is 3.43. The maximum absolute atomic E-state index is 5.52. The summed E-state index contributed by atoms with van der Waals surface area (Å²) < 4.78 is 0. The third-order valence-electron chi connectivity index (χ3n) is 3.63. The van der Waals surface area contributed by atoms with Gasteiger partial charge in [-0.2, -0.15) is 0 Å². The molecule has 1 heterocycles. The monoisotopic (exact) mass is 249 g/mol. The minimum atomic E-state index is 0.374. The Bertz CT molecular complexity index is 441. The van der Waals surface area contributed by atoms with Crippen molar-refractivity contribution in [3.63, 3.8) is 0 Å². The van der Waals surface area contributed by atoms with Crippen LogP contribution in [-0.4, -0.2) is 16.0 Å². The molecular weight excluding hydrogens is 226 g/mol. The van der Waals surface area contributed by atoms with Gasteiger partial charge < -0.3 is 10.7 Å². The van der Waals surface area contributed by atoms with Gasteiger partial charge in [0.05, 0.1) is 0 Å². The van der Waals surface area contributed by atoms with Gasteiger partial charge in [-0.3, -0.25) is 0 Å². The fraction of sp³-hybridized carbons (Fsp3) is 0.692. The molecule has 1 atom stereocenters. The van der Waals surface area contributed by atoms with Gasteiger partial charge in [-0.25, -0.2) is 15.8 Å². The van der Waals surface area contributed by atoms with E-state index in [0.717, 1.165) is 35.9 Å². The Morgan fingerprint density at radius 3 is 2.44 bits per heavy atom. The predicted octanol–water partition coefficient (Wildman–Crippen LogP) is 2.23. The van der Waals surface area contributed by atoms with Gasteiger partial charge in [0.1, 0.15) is 17.5 Å². The minimum absolute atomic E-state index is 0.374. The summed E-state index contributed by atoms with van der Waals surface area (Å²) in [6, 6.07) is 0.506. The van der Waals surface area contributed by atoms with E-state index in [1.165, 1.54) is 6.42 Å². The molecule has 1 aromatic rings. The average molecular weight is 249 g/mol. The van der Waals surface area contributed by atoms with E-state index >= 15 is 0 Å². The smallest absolute Gasteiger partial charge is 0.148 e. The van der Waals surface area contributed by atoms with Gasteiger partial charge in [-0.15, -0.1) is 0 Å². The van der Waals surface area contributed by atoms with E-state index in [-0.39, 0.29) is 0 Å². The Morgan fingerprint density at radius 1 is 1.33 bits per heavy atom. The maximum Gasteiger partial charge on any atom is 0.148 e. The highest BCUT2D eigenvalue weighted by Gasteiger charge is 2.46. The standard InChI is InChI=1S/C13H23N5/c1-5-6-10-16-11(8(2)12(17-10)18-14)15-9-7-13(9,3)4/h9H,5-7,14H2,1-4H3,(H2,15,16,17,18). The lowest BCUT2D eigenvalue weighted by Crippen LogP contribution is -2.17. The molecule has 0 spiro atoms. The number of rotatable bonds is 5. The highest BCUT2D eigenvalue weighted by Crippen LogP contribution is 2.46. The van der Waals surface area contributed by atoms with Crippen LogP contribution in [0.3, 0.4) is 0 Å². The zero-order valence-electron chi connectivity index (χ0n) is 11.7. The molecule has 0 aromatic carbocycles. The summed E-state index contributed by atoms with van der Waals surface area (Å²) in [6.45, 7) is 8.63. The molecule has 1 aliphatic rings. The van der Waals surface area contributed by atoms with Crippen LogP contribution in [0.2, 0.25) is 0 Å². The molecule has 0 radical (unpaired) electrons. The summed E-state index contributed by atoms with van der Waals surface area (Å²) in [5.74, 6) is 7.99. The summed E-state index contributed by atoms with van der Waals surface area (Å²) in [4.78, 5) is 9.02. The van der Waals surface area contributed by atoms with Crippen molar-refractivity contribution in [2.45, 2.75) is 53.0 Å². The van der Waals surface area contributed by atoms with Gasteiger partial charge in [0, 0.05) is 18.0 Å². The van der Waals surface area contributed by atoms with Crippen molar-refractivity contribution in [3.05, 3.63) is 11.4 Å². The van der Waals surface area contributed by atoms with Crippen molar-refractivity contribution in [1.29, 1.82) is 0 Å². The fourth-order valence-electron chi connectivity index (χ4n) is 2.06. The van der Waals surface area contributed by atoms with Crippen LogP contribution in [0.15, 0.2) is 0 Å². The van der Waals surface area contributed by atoms with Gasteiger partial charge in [-0.05, 0) is 25.2 Å². The molecule has 1 fully saturated rings. The van der Waals surface area contributed by atoms with Gasteiger partial charge >= 0.3 is 0 Å². The number of anilines is 2. The summed E-state index contributed by atoms with van der Waals surface area (Å²) in [5, 5.41) is 3.50. The fourth-order valence-corrected chi connectivity index (χ4v) is 2.06. The number of aryl methyl sites for hydroxylation is 1. The van der Waals surface area contributed by atoms with Gasteiger partial charge in [0.15, 0.2) is 0 Å². The molecule has 1 aliphatic carbocycles. The van der Waals surface area contributed by atoms with Crippen LogP contribution in [0, 0.1) is 12.3 Å². The molecule has 5 heteroatoms. The zero-order chi connectivity index (χ0) is 13.3.